The largest absolute Gasteiger partial charge is 0.307 e. The Morgan fingerprint density at radius 3 is 2.04 bits per heavy atom. The number of aromatic nitrogens is 4. The minimum atomic E-state index is 0.617. The van der Waals surface area contributed by atoms with Crippen molar-refractivity contribution in [2.24, 2.45) is 0 Å². The molecule has 0 aliphatic heterocycles. The number of hydrogen-bond donors (Lipinski definition) is 0. The summed E-state index contributed by atoms with van der Waals surface area (Å²) in [6.07, 6.45) is 0. The highest BCUT2D eigenvalue weighted by atomic mass is 15.2. The maximum atomic E-state index is 9.45. The molecule has 0 bridgehead atoms. The molecule has 0 atom stereocenters. The van der Waals surface area contributed by atoms with E-state index in [1.807, 2.05) is 42.5 Å². The second kappa shape index (κ2) is 9.16. The van der Waals surface area contributed by atoms with E-state index in [0.717, 1.165) is 33.2 Å². The van der Waals surface area contributed by atoms with Gasteiger partial charge in [-0.1, -0.05) is 103 Å². The summed E-state index contributed by atoms with van der Waals surface area (Å²) in [6.45, 7) is 0. The molecule has 0 spiro atoms. The standard InChI is InChI=1S/C43H23N5/c44-24-25-17-19-27(20-18-25)40-30-12-3-6-14-34(30)45-43(46-40)47-36-16-8-5-13-31(36)38-37(47)23-33-29-11-4-7-15-35(29)48-41-28-10-2-1-9-26(28)21-22-32(41)39(38)42(33)48/h1-23H. The van der Waals surface area contributed by atoms with Crippen molar-refractivity contribution < 1.29 is 0 Å². The van der Waals surface area contributed by atoms with E-state index in [1.54, 1.807) is 0 Å². The summed E-state index contributed by atoms with van der Waals surface area (Å²) in [5.41, 5.74) is 9.09. The van der Waals surface area contributed by atoms with Crippen LogP contribution in [0.25, 0.3) is 98.8 Å². The third kappa shape index (κ3) is 3.18. The van der Waals surface area contributed by atoms with Gasteiger partial charge in [-0.3, -0.25) is 4.57 Å². The van der Waals surface area contributed by atoms with Crippen molar-refractivity contribution >= 4 is 81.6 Å². The predicted molar refractivity (Wildman–Crippen MR) is 196 cm³/mol. The Hall–Kier alpha value is -6.77. The summed E-state index contributed by atoms with van der Waals surface area (Å²) in [4.78, 5) is 10.5. The van der Waals surface area contributed by atoms with Gasteiger partial charge in [0.2, 0.25) is 5.95 Å². The molecule has 0 radical (unpaired) electrons. The van der Waals surface area contributed by atoms with Crippen molar-refractivity contribution in [3.05, 3.63) is 145 Å². The van der Waals surface area contributed by atoms with E-state index in [-0.39, 0.29) is 0 Å². The molecule has 0 fully saturated rings. The average Bonchev–Trinajstić information content (AvgIpc) is 3.79. The first-order valence-corrected chi connectivity index (χ1v) is 16.1. The van der Waals surface area contributed by atoms with Gasteiger partial charge in [0.1, 0.15) is 0 Å². The van der Waals surface area contributed by atoms with Crippen LogP contribution in [-0.2, 0) is 0 Å². The fraction of sp³-hybridized carbons (Fsp3) is 0. The van der Waals surface area contributed by atoms with Gasteiger partial charge < -0.3 is 4.40 Å². The van der Waals surface area contributed by atoms with Crippen molar-refractivity contribution in [1.82, 2.24) is 18.9 Å². The van der Waals surface area contributed by atoms with E-state index in [1.165, 1.54) is 59.6 Å². The molecule has 0 saturated carbocycles. The Balaban J connectivity index is 1.35. The summed E-state index contributed by atoms with van der Waals surface area (Å²) >= 11 is 0. The van der Waals surface area contributed by atoms with E-state index >= 15 is 0 Å². The Morgan fingerprint density at radius 1 is 0.500 bits per heavy atom. The first-order chi connectivity index (χ1) is 23.8. The molecule has 48 heavy (non-hydrogen) atoms. The van der Waals surface area contributed by atoms with Gasteiger partial charge in [-0.05, 0) is 41.8 Å². The number of nitriles is 1. The van der Waals surface area contributed by atoms with Gasteiger partial charge in [0.25, 0.3) is 0 Å². The molecule has 7 aromatic carbocycles. The number of nitrogens with zero attached hydrogens (tertiary/aromatic N) is 5. The smallest absolute Gasteiger partial charge is 0.235 e. The number of benzene rings is 7. The van der Waals surface area contributed by atoms with Crippen molar-refractivity contribution in [3.63, 3.8) is 0 Å². The highest BCUT2D eigenvalue weighted by molar-refractivity contribution is 6.37. The van der Waals surface area contributed by atoms with Crippen LogP contribution in [0.5, 0.6) is 0 Å². The predicted octanol–water partition coefficient (Wildman–Crippen LogP) is 10.6. The summed E-state index contributed by atoms with van der Waals surface area (Å²) < 4.78 is 4.73. The molecule has 220 valence electrons. The van der Waals surface area contributed by atoms with Crippen LogP contribution < -0.4 is 0 Å². The van der Waals surface area contributed by atoms with Crippen LogP contribution in [0.3, 0.4) is 0 Å². The van der Waals surface area contributed by atoms with Crippen LogP contribution in [0.2, 0.25) is 0 Å². The quantitative estimate of drug-likeness (QED) is 0.196. The maximum Gasteiger partial charge on any atom is 0.235 e. The van der Waals surface area contributed by atoms with E-state index < -0.39 is 0 Å². The Morgan fingerprint density at radius 2 is 1.21 bits per heavy atom. The minimum absolute atomic E-state index is 0.617. The van der Waals surface area contributed by atoms with Gasteiger partial charge >= 0.3 is 0 Å². The first-order valence-electron chi connectivity index (χ1n) is 16.1. The number of para-hydroxylation sites is 3. The zero-order valence-corrected chi connectivity index (χ0v) is 25.5. The second-order valence-electron chi connectivity index (χ2n) is 12.5. The van der Waals surface area contributed by atoms with Crippen LogP contribution in [0.4, 0.5) is 0 Å². The van der Waals surface area contributed by atoms with Crippen molar-refractivity contribution in [1.29, 1.82) is 5.26 Å². The molecule has 0 N–H and O–H groups in total. The maximum absolute atomic E-state index is 9.45. The lowest BCUT2D eigenvalue weighted by Crippen LogP contribution is -2.03. The van der Waals surface area contributed by atoms with E-state index in [4.69, 9.17) is 9.97 Å². The third-order valence-corrected chi connectivity index (χ3v) is 10.1. The lowest BCUT2D eigenvalue weighted by atomic mass is 10.00. The highest BCUT2D eigenvalue weighted by Gasteiger charge is 2.25. The Kier molecular flexibility index (Phi) is 4.85. The molecule has 5 heteroatoms. The van der Waals surface area contributed by atoms with Crippen LogP contribution in [-0.4, -0.2) is 18.9 Å². The monoisotopic (exact) mass is 609 g/mol. The fourth-order valence-electron chi connectivity index (χ4n) is 8.07. The van der Waals surface area contributed by atoms with Gasteiger partial charge in [-0.2, -0.15) is 5.26 Å². The topological polar surface area (TPSA) is 58.9 Å². The van der Waals surface area contributed by atoms with E-state index in [9.17, 15) is 5.26 Å². The normalized spacial score (nSPS) is 12.1. The molecule has 4 heterocycles. The zero-order chi connectivity index (χ0) is 31.5. The molecule has 0 saturated heterocycles. The highest BCUT2D eigenvalue weighted by Crippen LogP contribution is 2.47. The Bertz CT molecular complexity index is 3170. The summed E-state index contributed by atoms with van der Waals surface area (Å²) in [5, 5.41) is 20.2. The summed E-state index contributed by atoms with van der Waals surface area (Å²) in [6, 6.07) is 51.0. The van der Waals surface area contributed by atoms with Gasteiger partial charge in [-0.15, -0.1) is 0 Å². The summed E-state index contributed by atoms with van der Waals surface area (Å²) in [7, 11) is 0. The van der Waals surface area contributed by atoms with E-state index in [0.29, 0.717) is 11.5 Å². The van der Waals surface area contributed by atoms with Crippen LogP contribution in [0.1, 0.15) is 5.56 Å². The third-order valence-electron chi connectivity index (χ3n) is 10.1. The fourth-order valence-corrected chi connectivity index (χ4v) is 8.07. The molecule has 0 aliphatic rings. The van der Waals surface area contributed by atoms with Gasteiger partial charge in [0.05, 0.1) is 50.4 Å². The number of hydrogen-bond acceptors (Lipinski definition) is 3. The van der Waals surface area contributed by atoms with Crippen molar-refractivity contribution in [3.8, 4) is 23.3 Å². The SMILES string of the molecule is N#Cc1ccc(-c2nc(-n3c4ccccc4c4c5c6ccc7ccccc7c6n6c7ccccc7c(cc43)c56)nc3ccccc23)cc1. The number of rotatable bonds is 2. The van der Waals surface area contributed by atoms with E-state index in [2.05, 4.69) is 112 Å². The molecule has 0 unspecified atom stereocenters. The summed E-state index contributed by atoms with van der Waals surface area (Å²) in [5.74, 6) is 0.617. The van der Waals surface area contributed by atoms with Gasteiger partial charge in [0, 0.05) is 48.7 Å². The number of fused-ring (bicyclic) bond motifs is 13. The molecule has 0 aliphatic carbocycles. The molecular formula is C43H23N5. The van der Waals surface area contributed by atoms with Crippen LogP contribution in [0.15, 0.2) is 140 Å². The van der Waals surface area contributed by atoms with Crippen LogP contribution in [0, 0.1) is 11.3 Å². The zero-order valence-electron chi connectivity index (χ0n) is 25.5. The molecular weight excluding hydrogens is 587 g/mol. The average molecular weight is 610 g/mol. The second-order valence-corrected chi connectivity index (χ2v) is 12.5. The van der Waals surface area contributed by atoms with Crippen molar-refractivity contribution in [2.75, 3.05) is 0 Å². The molecule has 11 aromatic rings. The minimum Gasteiger partial charge on any atom is -0.307 e. The van der Waals surface area contributed by atoms with Gasteiger partial charge in [-0.25, -0.2) is 9.97 Å². The first kappa shape index (κ1) is 25.4. The molecule has 4 aromatic heterocycles. The lowest BCUT2D eigenvalue weighted by Gasteiger charge is -2.12. The van der Waals surface area contributed by atoms with Crippen LogP contribution >= 0.6 is 0 Å². The van der Waals surface area contributed by atoms with Gasteiger partial charge in [0.15, 0.2) is 0 Å². The molecule has 5 nitrogen and oxygen atoms in total. The van der Waals surface area contributed by atoms with Crippen molar-refractivity contribution in [2.45, 2.75) is 0 Å². The molecule has 0 amide bonds. The Labute approximate surface area is 273 Å². The lowest BCUT2D eigenvalue weighted by molar-refractivity contribution is 1.01. The molecule has 11 rings (SSSR count).